The van der Waals surface area contributed by atoms with Gasteiger partial charge in [-0.05, 0) is 0 Å². The minimum atomic E-state index is -4.23. The summed E-state index contributed by atoms with van der Waals surface area (Å²) >= 11 is 0. The molecule has 90 valence electrons. The van der Waals surface area contributed by atoms with E-state index in [0.717, 1.165) is 0 Å². The van der Waals surface area contributed by atoms with E-state index in [0.29, 0.717) is 0 Å². The molecule has 1 fully saturated rings. The lowest BCUT2D eigenvalue weighted by Gasteiger charge is -1.97. The Balaban J connectivity index is 0.000000181. The van der Waals surface area contributed by atoms with Crippen molar-refractivity contribution in [3.05, 3.63) is 18.7 Å². The number of nitrogens with one attached hydrogen (secondary N) is 1. The summed E-state index contributed by atoms with van der Waals surface area (Å²) in [5.74, 6) is -0.859. The number of hydrogen-bond acceptors (Lipinski definition) is 4. The van der Waals surface area contributed by atoms with Crippen LogP contribution in [0.4, 0.5) is 0 Å². The van der Waals surface area contributed by atoms with Gasteiger partial charge < -0.3 is 4.74 Å². The highest BCUT2D eigenvalue weighted by molar-refractivity contribution is 7.87. The molecule has 1 aromatic rings. The maximum absolute atomic E-state index is 10.5. The fourth-order valence-electron chi connectivity index (χ4n) is 1.11. The highest BCUT2D eigenvalue weighted by Crippen LogP contribution is 2.13. The van der Waals surface area contributed by atoms with Crippen LogP contribution in [0.1, 0.15) is 6.42 Å². The van der Waals surface area contributed by atoms with Crippen molar-refractivity contribution in [1.29, 1.82) is 0 Å². The fraction of sp³-hybridized carbons (Fsp3) is 0.500. The minimum Gasteiger partial charge on any atom is -0.465 e. The third kappa shape index (κ3) is 3.63. The molecule has 0 spiro atoms. The van der Waals surface area contributed by atoms with Gasteiger partial charge in [0.05, 0.1) is 13.7 Å². The van der Waals surface area contributed by atoms with Crippen molar-refractivity contribution in [2.45, 2.75) is 11.7 Å². The Bertz CT molecular complexity index is 439. The van der Waals surface area contributed by atoms with Crippen molar-refractivity contribution in [3.8, 4) is 0 Å². The summed E-state index contributed by atoms with van der Waals surface area (Å²) in [4.78, 5) is 13.4. The molecule has 1 atom stereocenters. The van der Waals surface area contributed by atoms with Gasteiger partial charge in [0, 0.05) is 6.42 Å². The van der Waals surface area contributed by atoms with E-state index in [2.05, 4.69) is 9.72 Å². The van der Waals surface area contributed by atoms with Crippen LogP contribution >= 0.6 is 0 Å². The molecule has 8 heteroatoms. The number of nitrogens with zero attached hydrogens (tertiary/aromatic N) is 1. The quantitative estimate of drug-likeness (QED) is 0.379. The summed E-state index contributed by atoms with van der Waals surface area (Å²) in [7, 11) is -2.26. The average molecular weight is 249 g/mol. The number of aromatic amines is 1. The Labute approximate surface area is 92.8 Å². The van der Waals surface area contributed by atoms with Gasteiger partial charge in [-0.15, -0.1) is 0 Å². The number of carbonyl (C=O) groups is 1. The second kappa shape index (κ2) is 5.08. The highest BCUT2D eigenvalue weighted by atomic mass is 32.2. The number of imidazole rings is 1. The van der Waals surface area contributed by atoms with Gasteiger partial charge in [0.1, 0.15) is 12.4 Å². The van der Waals surface area contributed by atoms with Crippen molar-refractivity contribution in [2.75, 3.05) is 6.61 Å². The van der Waals surface area contributed by atoms with Gasteiger partial charge in [0.2, 0.25) is 6.33 Å². The molecule has 2 heterocycles. The number of esters is 1. The van der Waals surface area contributed by atoms with Crippen LogP contribution in [0, 0.1) is 0 Å². The zero-order chi connectivity index (χ0) is 12.2. The van der Waals surface area contributed by atoms with Crippen molar-refractivity contribution in [2.24, 2.45) is 7.05 Å². The summed E-state index contributed by atoms with van der Waals surface area (Å²) < 4.78 is 35.2. The Kier molecular flexibility index (Phi) is 4.02. The summed E-state index contributed by atoms with van der Waals surface area (Å²) in [5, 5.41) is -1.35. The van der Waals surface area contributed by atoms with Gasteiger partial charge in [0.15, 0.2) is 5.25 Å². The number of aryl methyl sites for hydroxylation is 1. The number of carbonyl (C=O) groups excluding carboxylic acids is 1. The predicted octanol–water partition coefficient (Wildman–Crippen LogP) is -0.971. The van der Waals surface area contributed by atoms with Gasteiger partial charge in [-0.2, -0.15) is 8.42 Å². The van der Waals surface area contributed by atoms with Crippen molar-refractivity contribution in [1.82, 2.24) is 4.98 Å². The number of ether oxygens (including phenoxy) is 1. The molecular weight excluding hydrogens is 236 g/mol. The van der Waals surface area contributed by atoms with Crippen LogP contribution in [0.2, 0.25) is 0 Å². The van der Waals surface area contributed by atoms with Crippen molar-refractivity contribution < 1.29 is 27.1 Å². The van der Waals surface area contributed by atoms with E-state index in [1.165, 1.54) is 0 Å². The van der Waals surface area contributed by atoms with Crippen LogP contribution in [0.15, 0.2) is 18.7 Å². The van der Waals surface area contributed by atoms with Gasteiger partial charge in [0.25, 0.3) is 10.1 Å². The van der Waals surface area contributed by atoms with Crippen LogP contribution in [0.25, 0.3) is 0 Å². The monoisotopic (exact) mass is 249 g/mol. The third-order valence-electron chi connectivity index (χ3n) is 1.93. The third-order valence-corrected chi connectivity index (χ3v) is 3.08. The molecule has 0 saturated carbocycles. The van der Waals surface area contributed by atoms with Crippen LogP contribution in [-0.4, -0.2) is 35.8 Å². The van der Waals surface area contributed by atoms with Crippen LogP contribution in [-0.2, 0) is 26.7 Å². The Hall–Kier alpha value is -1.41. The molecule has 1 saturated heterocycles. The lowest BCUT2D eigenvalue weighted by Crippen LogP contribution is -2.24. The zero-order valence-electron chi connectivity index (χ0n) is 8.66. The van der Waals surface area contributed by atoms with E-state index in [9.17, 15) is 13.2 Å². The molecule has 0 aliphatic carbocycles. The summed E-state index contributed by atoms with van der Waals surface area (Å²) in [6.45, 7) is 0.0727. The number of hydrogen-bond donors (Lipinski definition) is 2. The van der Waals surface area contributed by atoms with E-state index in [1.54, 1.807) is 0 Å². The topological polar surface area (TPSA) is 100 Å². The first-order valence-corrected chi connectivity index (χ1v) is 6.02. The van der Waals surface area contributed by atoms with Gasteiger partial charge in [-0.3, -0.25) is 14.3 Å². The van der Waals surface area contributed by atoms with E-state index in [-0.39, 0.29) is 13.0 Å². The number of cyclic esters (lactones) is 1. The highest BCUT2D eigenvalue weighted by Gasteiger charge is 2.36. The molecule has 0 amide bonds. The second-order valence-electron chi connectivity index (χ2n) is 3.24. The van der Waals surface area contributed by atoms with Crippen LogP contribution in [0.3, 0.4) is 0 Å². The maximum Gasteiger partial charge on any atom is 0.326 e. The Morgan fingerprint density at radius 3 is 2.50 bits per heavy atom. The van der Waals surface area contributed by atoms with Crippen molar-refractivity contribution in [3.63, 3.8) is 0 Å². The largest absolute Gasteiger partial charge is 0.465 e. The molecule has 0 bridgehead atoms. The van der Waals surface area contributed by atoms with Gasteiger partial charge >= 0.3 is 5.97 Å². The summed E-state index contributed by atoms with van der Waals surface area (Å²) in [6.07, 6.45) is 5.75. The van der Waals surface area contributed by atoms with E-state index in [4.69, 9.17) is 4.55 Å². The summed E-state index contributed by atoms with van der Waals surface area (Å²) in [5.41, 5.74) is 0. The SMILES string of the molecule is C[n+]1cc[nH]c1.O=C1OCCC1S(=O)(=O)O. The number of rotatable bonds is 1. The first-order valence-electron chi connectivity index (χ1n) is 4.52. The Morgan fingerprint density at radius 1 is 1.62 bits per heavy atom. The molecule has 16 heavy (non-hydrogen) atoms. The molecule has 1 aliphatic rings. The van der Waals surface area contributed by atoms with E-state index in [1.807, 2.05) is 30.3 Å². The number of H-pyrrole nitrogens is 1. The van der Waals surface area contributed by atoms with Gasteiger partial charge in [-0.25, -0.2) is 4.57 Å². The molecule has 1 aromatic heterocycles. The molecular formula is C8H13N2O5S+. The average Bonchev–Trinajstić information content (AvgIpc) is 2.75. The Morgan fingerprint density at radius 2 is 2.31 bits per heavy atom. The lowest BCUT2D eigenvalue weighted by molar-refractivity contribution is -0.670. The zero-order valence-corrected chi connectivity index (χ0v) is 9.48. The van der Waals surface area contributed by atoms with E-state index >= 15 is 0 Å². The smallest absolute Gasteiger partial charge is 0.326 e. The molecule has 1 unspecified atom stereocenters. The fourth-order valence-corrected chi connectivity index (χ4v) is 1.82. The molecule has 1 aliphatic heterocycles. The van der Waals surface area contributed by atoms with Gasteiger partial charge in [-0.1, -0.05) is 0 Å². The second-order valence-corrected chi connectivity index (χ2v) is 4.84. The maximum atomic E-state index is 10.5. The molecule has 2 N–H and O–H groups in total. The van der Waals surface area contributed by atoms with Crippen LogP contribution in [0.5, 0.6) is 0 Å². The van der Waals surface area contributed by atoms with Crippen molar-refractivity contribution >= 4 is 16.1 Å². The normalized spacial score (nSPS) is 19.9. The lowest BCUT2D eigenvalue weighted by atomic mass is 10.4. The molecule has 7 nitrogen and oxygen atoms in total. The van der Waals surface area contributed by atoms with Crippen LogP contribution < -0.4 is 4.57 Å². The predicted molar refractivity (Wildman–Crippen MR) is 52.9 cm³/mol. The molecule has 2 rings (SSSR count). The standard InChI is InChI=1S/C4H6N2.C4H6O5S/c1-6-3-2-5-4-6;5-4-3(1-2-9-4)10(6,7)8/h2-4H,1H3;3H,1-2H2,(H,6,7,8)/p+1. The first-order chi connectivity index (χ1) is 7.41. The minimum absolute atomic E-state index is 0.0532. The molecule has 0 radical (unpaired) electrons. The molecule has 0 aromatic carbocycles. The summed E-state index contributed by atoms with van der Waals surface area (Å²) in [6, 6.07) is 0. The van der Waals surface area contributed by atoms with E-state index < -0.39 is 21.3 Å². The first kappa shape index (κ1) is 12.7. The number of aromatic nitrogens is 2.